The van der Waals surface area contributed by atoms with Crippen LogP contribution in [0.4, 0.5) is 4.39 Å². The van der Waals surface area contributed by atoms with E-state index in [1.54, 1.807) is 26.0 Å². The third-order valence-electron chi connectivity index (χ3n) is 6.99. The van der Waals surface area contributed by atoms with Crippen molar-refractivity contribution in [3.63, 3.8) is 0 Å². The number of aliphatic hydroxyl groups is 1. The highest BCUT2D eigenvalue weighted by Crippen LogP contribution is 2.17. The third-order valence-corrected chi connectivity index (χ3v) is 6.99. The first-order valence-corrected chi connectivity index (χ1v) is 14.6. The number of nitriles is 1. The number of nitrogens with zero attached hydrogens (tertiary/aromatic N) is 3. The van der Waals surface area contributed by atoms with Crippen LogP contribution >= 0.6 is 0 Å². The van der Waals surface area contributed by atoms with Gasteiger partial charge in [0.05, 0.1) is 18.8 Å². The monoisotopic (exact) mass is 626 g/mol. The maximum absolute atomic E-state index is 14.4. The lowest BCUT2D eigenvalue weighted by molar-refractivity contribution is -0.133. The Morgan fingerprint density at radius 3 is 2.53 bits per heavy atom. The normalized spacial score (nSPS) is 16.9. The Morgan fingerprint density at radius 1 is 1.20 bits per heavy atom. The van der Waals surface area contributed by atoms with Crippen molar-refractivity contribution < 1.29 is 37.9 Å². The van der Waals surface area contributed by atoms with E-state index in [4.69, 9.17) is 9.26 Å². The van der Waals surface area contributed by atoms with Crippen LogP contribution in [-0.4, -0.2) is 82.8 Å². The molecule has 0 saturated carbocycles. The van der Waals surface area contributed by atoms with E-state index in [1.807, 2.05) is 19.9 Å². The number of likely N-dealkylation sites (tertiary alicyclic amines) is 1. The van der Waals surface area contributed by atoms with Gasteiger partial charge >= 0.3 is 0 Å². The van der Waals surface area contributed by atoms with E-state index >= 15 is 0 Å². The number of rotatable bonds is 13. The number of hydrogen-bond donors (Lipinski definition) is 4. The first-order valence-electron chi connectivity index (χ1n) is 14.6. The van der Waals surface area contributed by atoms with Gasteiger partial charge in [0.1, 0.15) is 35.3 Å². The van der Waals surface area contributed by atoms with Crippen molar-refractivity contribution in [1.29, 1.82) is 5.26 Å². The molecule has 45 heavy (non-hydrogen) atoms. The van der Waals surface area contributed by atoms with Crippen LogP contribution < -0.4 is 16.0 Å². The molecule has 3 rings (SSSR count). The summed E-state index contributed by atoms with van der Waals surface area (Å²) in [6.45, 7) is 8.29. The van der Waals surface area contributed by atoms with Crippen molar-refractivity contribution in [2.45, 2.75) is 71.9 Å². The fourth-order valence-electron chi connectivity index (χ4n) is 4.58. The molecule has 4 atom stereocenters. The highest BCUT2D eigenvalue weighted by molar-refractivity contribution is 5.98. The first kappa shape index (κ1) is 34.9. The van der Waals surface area contributed by atoms with E-state index in [0.717, 1.165) is 0 Å². The number of ether oxygens (including phenoxy) is 1. The molecule has 1 aromatic carbocycles. The van der Waals surface area contributed by atoms with Gasteiger partial charge in [-0.3, -0.25) is 19.2 Å². The number of carbonyl (C=O) groups is 4. The lowest BCUT2D eigenvalue weighted by Gasteiger charge is -2.25. The Labute approximate surface area is 260 Å². The molecule has 1 saturated heterocycles. The molecule has 242 valence electrons. The molecule has 1 fully saturated rings. The summed E-state index contributed by atoms with van der Waals surface area (Å²) in [7, 11) is 0. The summed E-state index contributed by atoms with van der Waals surface area (Å²) >= 11 is 0. The van der Waals surface area contributed by atoms with Crippen molar-refractivity contribution in [3.05, 3.63) is 64.3 Å². The van der Waals surface area contributed by atoms with Crippen LogP contribution in [0.1, 0.15) is 54.6 Å². The zero-order valence-corrected chi connectivity index (χ0v) is 25.9. The molecule has 2 heterocycles. The number of aryl methyl sites for hydroxylation is 2. The quantitative estimate of drug-likeness (QED) is 0.188. The Kier molecular flexibility index (Phi) is 12.3. The maximum Gasteiger partial charge on any atom is 0.274 e. The summed E-state index contributed by atoms with van der Waals surface area (Å²) in [6.07, 6.45) is 0.143. The lowest BCUT2D eigenvalue weighted by Crippen LogP contribution is -2.58. The van der Waals surface area contributed by atoms with Gasteiger partial charge in [0.25, 0.3) is 11.8 Å². The van der Waals surface area contributed by atoms with Crippen molar-refractivity contribution in [2.75, 3.05) is 19.7 Å². The fraction of sp³-hybridized carbons (Fsp3) is 0.484. The second kappa shape index (κ2) is 15.9. The van der Waals surface area contributed by atoms with Crippen LogP contribution in [0.15, 0.2) is 40.4 Å². The number of nitrogens with one attached hydrogen (secondary N) is 3. The van der Waals surface area contributed by atoms with Crippen LogP contribution in [0.25, 0.3) is 0 Å². The molecule has 14 heteroatoms. The number of allylic oxidation sites excluding steroid dienone is 1. The lowest BCUT2D eigenvalue weighted by atomic mass is 10.1. The van der Waals surface area contributed by atoms with Gasteiger partial charge in [-0.15, -0.1) is 0 Å². The summed E-state index contributed by atoms with van der Waals surface area (Å²) in [5, 5.41) is 30.8. The SMILES string of the molecule is Cc1ccc(CNC(=O)C(COC2CCN(C(=O)C(C#N)=CC(C)C)C2)NC(=O)[C@@H](NC(=O)c2cc(C)on2)[C@@H](C)O)c(F)c1. The molecule has 0 radical (unpaired) electrons. The summed E-state index contributed by atoms with van der Waals surface area (Å²) in [6, 6.07) is 5.05. The van der Waals surface area contributed by atoms with Gasteiger partial charge in [0, 0.05) is 31.3 Å². The Balaban J connectivity index is 1.71. The predicted octanol–water partition coefficient (Wildman–Crippen LogP) is 1.43. The molecule has 1 aliphatic rings. The molecule has 2 unspecified atom stereocenters. The van der Waals surface area contributed by atoms with E-state index in [9.17, 15) is 33.9 Å². The molecule has 2 aromatic rings. The highest BCUT2D eigenvalue weighted by Gasteiger charge is 2.33. The van der Waals surface area contributed by atoms with Crippen LogP contribution in [0.2, 0.25) is 0 Å². The minimum atomic E-state index is -1.48. The number of aromatic nitrogens is 1. The van der Waals surface area contributed by atoms with Gasteiger partial charge in [-0.1, -0.05) is 37.2 Å². The number of benzene rings is 1. The number of hydrogen-bond acceptors (Lipinski definition) is 9. The first-order chi connectivity index (χ1) is 21.3. The van der Waals surface area contributed by atoms with Crippen LogP contribution in [0.5, 0.6) is 0 Å². The fourth-order valence-corrected chi connectivity index (χ4v) is 4.58. The van der Waals surface area contributed by atoms with E-state index < -0.39 is 53.7 Å². The van der Waals surface area contributed by atoms with Gasteiger partial charge in [0.2, 0.25) is 11.8 Å². The smallest absolute Gasteiger partial charge is 0.274 e. The molecule has 4 amide bonds. The summed E-state index contributed by atoms with van der Waals surface area (Å²) in [5.74, 6) is -2.93. The van der Waals surface area contributed by atoms with Crippen molar-refractivity contribution in [1.82, 2.24) is 26.0 Å². The molecule has 1 aromatic heterocycles. The molecule has 1 aliphatic heterocycles. The average Bonchev–Trinajstić information content (AvgIpc) is 3.64. The predicted molar refractivity (Wildman–Crippen MR) is 159 cm³/mol. The average molecular weight is 627 g/mol. The van der Waals surface area contributed by atoms with Crippen LogP contribution in [-0.2, 0) is 25.7 Å². The van der Waals surface area contributed by atoms with Crippen LogP contribution in [0.3, 0.4) is 0 Å². The standard InChI is InChI=1S/C31H39FN6O7/c1-17(2)10-22(13-33)31(43)38-9-8-23(15-38)44-16-26(28(40)34-14-21-7-6-18(3)11-24(21)32)35-30(42)27(20(5)39)36-29(41)25-12-19(4)45-37-25/h6-7,10-12,17,20,23,26-27,39H,8-9,14-16H2,1-5H3,(H,34,40)(H,35,42)(H,36,41)/t20-,23?,26?,27+/m1/s1. The molecular formula is C31H39FN6O7. The summed E-state index contributed by atoms with van der Waals surface area (Å²) < 4.78 is 25.2. The summed E-state index contributed by atoms with van der Waals surface area (Å²) in [5.41, 5.74) is 0.862. The van der Waals surface area contributed by atoms with Gasteiger partial charge in [-0.25, -0.2) is 4.39 Å². The second-order valence-electron chi connectivity index (χ2n) is 11.3. The molecule has 0 bridgehead atoms. The van der Waals surface area contributed by atoms with Gasteiger partial charge in [-0.05, 0) is 44.7 Å². The zero-order valence-electron chi connectivity index (χ0n) is 25.9. The van der Waals surface area contributed by atoms with Gasteiger partial charge < -0.3 is 35.2 Å². The Morgan fingerprint density at radius 2 is 1.93 bits per heavy atom. The van der Waals surface area contributed by atoms with E-state index in [1.165, 1.54) is 30.0 Å². The molecular weight excluding hydrogens is 587 g/mol. The Bertz CT molecular complexity index is 1460. The third kappa shape index (κ3) is 9.95. The van der Waals surface area contributed by atoms with E-state index in [2.05, 4.69) is 21.1 Å². The van der Waals surface area contributed by atoms with Crippen molar-refractivity contribution >= 4 is 23.6 Å². The van der Waals surface area contributed by atoms with Crippen molar-refractivity contribution in [3.8, 4) is 6.07 Å². The molecule has 0 spiro atoms. The van der Waals surface area contributed by atoms with Crippen molar-refractivity contribution in [2.24, 2.45) is 5.92 Å². The van der Waals surface area contributed by atoms with Crippen LogP contribution in [0, 0.1) is 36.9 Å². The number of aliphatic hydroxyl groups excluding tert-OH is 1. The molecule has 0 aliphatic carbocycles. The topological polar surface area (TPSA) is 187 Å². The maximum atomic E-state index is 14.4. The van der Waals surface area contributed by atoms with Gasteiger partial charge in [-0.2, -0.15) is 5.26 Å². The number of amides is 4. The summed E-state index contributed by atoms with van der Waals surface area (Å²) in [4.78, 5) is 53.4. The van der Waals surface area contributed by atoms with Gasteiger partial charge in [0.15, 0.2) is 5.69 Å². The Hall–Kier alpha value is -4.61. The molecule has 4 N–H and O–H groups in total. The van der Waals surface area contributed by atoms with E-state index in [0.29, 0.717) is 24.3 Å². The minimum absolute atomic E-state index is 0.00447. The highest BCUT2D eigenvalue weighted by atomic mass is 19.1. The van der Waals surface area contributed by atoms with E-state index in [-0.39, 0.29) is 42.4 Å². The second-order valence-corrected chi connectivity index (χ2v) is 11.3. The molecule has 13 nitrogen and oxygen atoms in total. The zero-order chi connectivity index (χ0) is 33.3. The minimum Gasteiger partial charge on any atom is -0.391 e. The number of carbonyl (C=O) groups excluding carboxylic acids is 4. The largest absolute Gasteiger partial charge is 0.391 e. The number of halogens is 1.